The molecule has 1 amide bonds. The van der Waals surface area contributed by atoms with Gasteiger partial charge in [-0.15, -0.1) is 0 Å². The van der Waals surface area contributed by atoms with Gasteiger partial charge in [0.1, 0.15) is 0 Å². The lowest BCUT2D eigenvalue weighted by atomic mass is 9.98. The second-order valence-electron chi connectivity index (χ2n) is 6.76. The Morgan fingerprint density at radius 2 is 2.04 bits per heavy atom. The van der Waals surface area contributed by atoms with E-state index in [0.29, 0.717) is 26.2 Å². The van der Waals surface area contributed by atoms with Crippen LogP contribution in [0.4, 0.5) is 0 Å². The molecule has 1 saturated heterocycles. The van der Waals surface area contributed by atoms with Crippen molar-refractivity contribution in [1.82, 2.24) is 14.5 Å². The lowest BCUT2D eigenvalue weighted by molar-refractivity contribution is -0.133. The monoisotopic (exact) mass is 367 g/mol. The summed E-state index contributed by atoms with van der Waals surface area (Å²) in [7, 11) is -3.16. The van der Waals surface area contributed by atoms with Crippen LogP contribution in [0.1, 0.15) is 25.3 Å². The van der Waals surface area contributed by atoms with Crippen molar-refractivity contribution < 1.29 is 13.2 Å². The van der Waals surface area contributed by atoms with E-state index in [0.717, 1.165) is 31.5 Å². The van der Waals surface area contributed by atoms with Gasteiger partial charge in [-0.3, -0.25) is 9.69 Å². The summed E-state index contributed by atoms with van der Waals surface area (Å²) in [5.74, 6) is 0.392. The van der Waals surface area contributed by atoms with Crippen LogP contribution in [-0.2, 0) is 21.4 Å². The maximum Gasteiger partial charge on any atom is 0.237 e. The van der Waals surface area contributed by atoms with Gasteiger partial charge in [-0.05, 0) is 37.8 Å². The Labute approximate surface area is 151 Å². The topological polar surface area (TPSA) is 69.7 Å². The van der Waals surface area contributed by atoms with E-state index < -0.39 is 10.0 Å². The van der Waals surface area contributed by atoms with E-state index >= 15 is 0 Å². The van der Waals surface area contributed by atoms with Gasteiger partial charge in [-0.25, -0.2) is 13.1 Å². The van der Waals surface area contributed by atoms with Crippen LogP contribution in [0, 0.1) is 5.92 Å². The quantitative estimate of drug-likeness (QED) is 0.752. The molecule has 1 aliphatic heterocycles. The van der Waals surface area contributed by atoms with Gasteiger partial charge < -0.3 is 4.90 Å². The summed E-state index contributed by atoms with van der Waals surface area (Å²) in [4.78, 5) is 16.7. The molecule has 1 aromatic carbocycles. The standard InChI is InChI=1S/C18H29N3O3S/c1-3-21(14-16-8-5-4-6-9-16)18(22)15-20-11-7-10-17(13-20)12-19-25(2,23)24/h4-6,8-9,17,19H,3,7,10-15H2,1-2H3. The van der Waals surface area contributed by atoms with Crippen molar-refractivity contribution in [2.45, 2.75) is 26.3 Å². The van der Waals surface area contributed by atoms with Crippen LogP contribution >= 0.6 is 0 Å². The van der Waals surface area contributed by atoms with Gasteiger partial charge in [0.15, 0.2) is 0 Å². The molecule has 0 aromatic heterocycles. The van der Waals surface area contributed by atoms with Crippen molar-refractivity contribution in [2.24, 2.45) is 5.92 Å². The zero-order valence-corrected chi connectivity index (χ0v) is 16.0. The number of likely N-dealkylation sites (tertiary alicyclic amines) is 1. The Morgan fingerprint density at radius 1 is 1.32 bits per heavy atom. The highest BCUT2D eigenvalue weighted by molar-refractivity contribution is 7.88. The van der Waals surface area contributed by atoms with Crippen LogP contribution in [0.5, 0.6) is 0 Å². The molecule has 1 aliphatic rings. The first-order chi connectivity index (χ1) is 11.9. The third-order valence-corrected chi connectivity index (χ3v) is 5.24. The second-order valence-corrected chi connectivity index (χ2v) is 8.59. The van der Waals surface area contributed by atoms with Crippen molar-refractivity contribution >= 4 is 15.9 Å². The molecule has 1 heterocycles. The molecule has 0 bridgehead atoms. The molecule has 140 valence electrons. The summed E-state index contributed by atoms with van der Waals surface area (Å²) in [6, 6.07) is 10.0. The van der Waals surface area contributed by atoms with Crippen molar-refractivity contribution in [3.05, 3.63) is 35.9 Å². The highest BCUT2D eigenvalue weighted by atomic mass is 32.2. The van der Waals surface area contributed by atoms with Gasteiger partial charge in [0.05, 0.1) is 12.8 Å². The van der Waals surface area contributed by atoms with E-state index in [2.05, 4.69) is 9.62 Å². The number of hydrogen-bond donors (Lipinski definition) is 1. The minimum atomic E-state index is -3.16. The average Bonchev–Trinajstić information content (AvgIpc) is 2.58. The summed E-state index contributed by atoms with van der Waals surface area (Å²) in [5, 5.41) is 0. The number of likely N-dealkylation sites (N-methyl/N-ethyl adjacent to an activating group) is 1. The highest BCUT2D eigenvalue weighted by Gasteiger charge is 2.24. The van der Waals surface area contributed by atoms with Crippen molar-refractivity contribution in [3.8, 4) is 0 Å². The summed E-state index contributed by atoms with van der Waals surface area (Å²) < 4.78 is 25.1. The van der Waals surface area contributed by atoms with Crippen LogP contribution in [0.2, 0.25) is 0 Å². The van der Waals surface area contributed by atoms with Gasteiger partial charge >= 0.3 is 0 Å². The molecule has 1 N–H and O–H groups in total. The molecule has 1 fully saturated rings. The number of nitrogens with one attached hydrogen (secondary N) is 1. The van der Waals surface area contributed by atoms with Crippen molar-refractivity contribution in [3.63, 3.8) is 0 Å². The van der Waals surface area contributed by atoms with Gasteiger partial charge in [-0.2, -0.15) is 0 Å². The zero-order chi connectivity index (χ0) is 18.3. The van der Waals surface area contributed by atoms with E-state index in [1.807, 2.05) is 42.2 Å². The molecule has 0 radical (unpaired) electrons. The van der Waals surface area contributed by atoms with Crippen LogP contribution in [0.25, 0.3) is 0 Å². The number of rotatable bonds is 8. The number of piperidine rings is 1. The number of carbonyl (C=O) groups is 1. The summed E-state index contributed by atoms with van der Waals surface area (Å²) >= 11 is 0. The lowest BCUT2D eigenvalue weighted by Gasteiger charge is -2.33. The molecule has 0 spiro atoms. The van der Waals surface area contributed by atoms with Gasteiger partial charge in [0, 0.05) is 26.2 Å². The molecule has 6 nitrogen and oxygen atoms in total. The summed E-state index contributed by atoms with van der Waals surface area (Å²) in [6.45, 7) is 5.81. The molecule has 1 aromatic rings. The molecular weight excluding hydrogens is 338 g/mol. The number of nitrogens with zero attached hydrogens (tertiary/aromatic N) is 2. The largest absolute Gasteiger partial charge is 0.338 e. The third kappa shape index (κ3) is 7.13. The Hall–Kier alpha value is -1.44. The van der Waals surface area contributed by atoms with Gasteiger partial charge in [0.25, 0.3) is 0 Å². The number of sulfonamides is 1. The van der Waals surface area contributed by atoms with Crippen molar-refractivity contribution in [1.29, 1.82) is 0 Å². The SMILES string of the molecule is CCN(Cc1ccccc1)C(=O)CN1CCCC(CNS(C)(=O)=O)C1. The Kier molecular flexibility index (Phi) is 7.40. The fourth-order valence-corrected chi connectivity index (χ4v) is 3.74. The van der Waals surface area contributed by atoms with Gasteiger partial charge in [-0.1, -0.05) is 30.3 Å². The lowest BCUT2D eigenvalue weighted by Crippen LogP contribution is -2.46. The maximum atomic E-state index is 12.6. The van der Waals surface area contributed by atoms with Gasteiger partial charge in [0.2, 0.25) is 15.9 Å². The molecule has 7 heteroatoms. The number of carbonyl (C=O) groups excluding carboxylic acids is 1. The van der Waals surface area contributed by atoms with E-state index in [9.17, 15) is 13.2 Å². The molecule has 2 rings (SSSR count). The first-order valence-corrected chi connectivity index (χ1v) is 10.7. The van der Waals surface area contributed by atoms with Crippen LogP contribution in [0.15, 0.2) is 30.3 Å². The molecule has 0 saturated carbocycles. The van der Waals surface area contributed by atoms with E-state index in [4.69, 9.17) is 0 Å². The summed E-state index contributed by atoms with van der Waals surface area (Å²) in [5.41, 5.74) is 1.13. The Balaban J connectivity index is 1.85. The molecule has 0 aliphatic carbocycles. The number of hydrogen-bond acceptors (Lipinski definition) is 4. The minimum Gasteiger partial charge on any atom is -0.338 e. The first-order valence-electron chi connectivity index (χ1n) is 8.86. The van der Waals surface area contributed by atoms with E-state index in [-0.39, 0.29) is 11.8 Å². The molecular formula is C18H29N3O3S. The first kappa shape index (κ1) is 19.9. The Bertz CT molecular complexity index is 649. The normalized spacial score (nSPS) is 18.9. The second kappa shape index (κ2) is 9.31. The van der Waals surface area contributed by atoms with E-state index in [1.165, 1.54) is 6.26 Å². The molecule has 1 unspecified atom stereocenters. The maximum absolute atomic E-state index is 12.6. The highest BCUT2D eigenvalue weighted by Crippen LogP contribution is 2.16. The van der Waals surface area contributed by atoms with Crippen molar-refractivity contribution in [2.75, 3.05) is 39.0 Å². The fraction of sp³-hybridized carbons (Fsp3) is 0.611. The van der Waals surface area contributed by atoms with Crippen LogP contribution < -0.4 is 4.72 Å². The van der Waals surface area contributed by atoms with E-state index in [1.54, 1.807) is 0 Å². The predicted molar refractivity (Wildman–Crippen MR) is 99.5 cm³/mol. The fourth-order valence-electron chi connectivity index (χ4n) is 3.20. The van der Waals surface area contributed by atoms with Crippen LogP contribution in [-0.4, -0.2) is 63.1 Å². The summed E-state index contributed by atoms with van der Waals surface area (Å²) in [6.07, 6.45) is 3.17. The predicted octanol–water partition coefficient (Wildman–Crippen LogP) is 1.30. The zero-order valence-electron chi connectivity index (χ0n) is 15.1. The number of benzene rings is 1. The smallest absolute Gasteiger partial charge is 0.237 e. The molecule has 25 heavy (non-hydrogen) atoms. The third-order valence-electron chi connectivity index (χ3n) is 4.55. The average molecular weight is 368 g/mol. The minimum absolute atomic E-state index is 0.128. The Morgan fingerprint density at radius 3 is 2.68 bits per heavy atom. The number of amides is 1. The van der Waals surface area contributed by atoms with Crippen LogP contribution in [0.3, 0.4) is 0 Å². The molecule has 1 atom stereocenters.